The lowest BCUT2D eigenvalue weighted by Crippen LogP contribution is -2.34. The van der Waals surface area contributed by atoms with Crippen LogP contribution in [0.1, 0.15) is 33.6 Å². The van der Waals surface area contributed by atoms with Gasteiger partial charge in [0.15, 0.2) is 5.11 Å². The number of anilines is 1. The quantitative estimate of drug-likeness (QED) is 0.581. The summed E-state index contributed by atoms with van der Waals surface area (Å²) in [4.78, 5) is 13.2. The van der Waals surface area contributed by atoms with Gasteiger partial charge in [-0.05, 0) is 36.7 Å². The Morgan fingerprint density at radius 3 is 2.88 bits per heavy atom. The lowest BCUT2D eigenvalue weighted by molar-refractivity contribution is 0.0602. The molecule has 1 aliphatic heterocycles. The van der Waals surface area contributed by atoms with E-state index in [1.165, 1.54) is 24.0 Å². The molecule has 0 amide bonds. The number of ether oxygens (including phenoxy) is 2. The molecule has 0 bridgehead atoms. The number of carbonyl (C=O) groups is 1. The van der Waals surface area contributed by atoms with Crippen molar-refractivity contribution in [2.24, 2.45) is 0 Å². The van der Waals surface area contributed by atoms with E-state index in [-0.39, 0.29) is 12.1 Å². The number of thiophene rings is 1. The van der Waals surface area contributed by atoms with Crippen molar-refractivity contribution >= 4 is 39.6 Å². The molecule has 138 valence electrons. The van der Waals surface area contributed by atoms with Crippen molar-refractivity contribution in [1.82, 2.24) is 5.32 Å². The molecule has 1 saturated heterocycles. The Kier molecular flexibility index (Phi) is 6.60. The largest absolute Gasteiger partial charge is 0.465 e. The predicted molar refractivity (Wildman–Crippen MR) is 108 cm³/mol. The molecule has 1 fully saturated rings. The van der Waals surface area contributed by atoms with Crippen molar-refractivity contribution in [3.05, 3.63) is 52.4 Å². The Balaban J connectivity index is 1.67. The molecule has 3 rings (SSSR count). The van der Waals surface area contributed by atoms with E-state index < -0.39 is 0 Å². The highest BCUT2D eigenvalue weighted by atomic mass is 32.1. The molecule has 0 saturated carbocycles. The van der Waals surface area contributed by atoms with Gasteiger partial charge in [0.05, 0.1) is 18.8 Å². The summed E-state index contributed by atoms with van der Waals surface area (Å²) in [5.41, 5.74) is 1.69. The molecule has 0 spiro atoms. The fourth-order valence-electron chi connectivity index (χ4n) is 2.84. The molecule has 1 unspecified atom stereocenters. The summed E-state index contributed by atoms with van der Waals surface area (Å²) in [5.74, 6) is -0.370. The van der Waals surface area contributed by atoms with Gasteiger partial charge in [-0.25, -0.2) is 4.79 Å². The predicted octanol–water partition coefficient (Wildman–Crippen LogP) is 3.59. The van der Waals surface area contributed by atoms with Crippen LogP contribution in [0, 0.1) is 0 Å². The maximum atomic E-state index is 12.1. The normalized spacial score (nSPS) is 16.3. The fourth-order valence-corrected chi connectivity index (χ4v) is 4.17. The van der Waals surface area contributed by atoms with E-state index in [0.29, 0.717) is 22.2 Å². The van der Waals surface area contributed by atoms with Crippen molar-refractivity contribution in [2.75, 3.05) is 25.6 Å². The van der Waals surface area contributed by atoms with Crippen LogP contribution in [0.5, 0.6) is 0 Å². The van der Waals surface area contributed by atoms with E-state index in [4.69, 9.17) is 21.7 Å². The maximum Gasteiger partial charge on any atom is 0.340 e. The van der Waals surface area contributed by atoms with Crippen LogP contribution in [0.15, 0.2) is 36.4 Å². The number of nitrogens with one attached hydrogen (secondary N) is 2. The Labute approximate surface area is 162 Å². The molecule has 1 aromatic carbocycles. The zero-order valence-electron chi connectivity index (χ0n) is 14.6. The second-order valence-corrected chi connectivity index (χ2v) is 7.62. The molecule has 7 heteroatoms. The summed E-state index contributed by atoms with van der Waals surface area (Å²) in [6.45, 7) is 1.48. The molecule has 2 aromatic rings. The van der Waals surface area contributed by atoms with E-state index in [9.17, 15) is 4.79 Å². The van der Waals surface area contributed by atoms with Gasteiger partial charge in [0.2, 0.25) is 0 Å². The summed E-state index contributed by atoms with van der Waals surface area (Å²) in [7, 11) is 1.38. The second kappa shape index (κ2) is 9.12. The molecule has 26 heavy (non-hydrogen) atoms. The summed E-state index contributed by atoms with van der Waals surface area (Å²) >= 11 is 6.88. The third-order valence-corrected chi connectivity index (χ3v) is 5.45. The van der Waals surface area contributed by atoms with Crippen LogP contribution in [0.2, 0.25) is 0 Å². The van der Waals surface area contributed by atoms with Gasteiger partial charge in [-0.15, -0.1) is 11.3 Å². The minimum atomic E-state index is -0.370. The summed E-state index contributed by atoms with van der Waals surface area (Å²) < 4.78 is 10.5. The van der Waals surface area contributed by atoms with Crippen LogP contribution in [-0.4, -0.2) is 37.4 Å². The van der Waals surface area contributed by atoms with Crippen molar-refractivity contribution in [3.8, 4) is 0 Å². The first-order valence-corrected chi connectivity index (χ1v) is 9.79. The Morgan fingerprint density at radius 1 is 1.38 bits per heavy atom. The van der Waals surface area contributed by atoms with Gasteiger partial charge in [0, 0.05) is 24.4 Å². The number of thiocarbonyl (C=S) groups is 1. The molecule has 1 aromatic heterocycles. The summed E-state index contributed by atoms with van der Waals surface area (Å²) in [5, 5.41) is 7.49. The van der Waals surface area contributed by atoms with Gasteiger partial charge in [0.1, 0.15) is 5.00 Å². The van der Waals surface area contributed by atoms with Crippen molar-refractivity contribution in [3.63, 3.8) is 0 Å². The molecule has 1 atom stereocenters. The number of benzene rings is 1. The van der Waals surface area contributed by atoms with Crippen LogP contribution in [0.25, 0.3) is 0 Å². The number of hydrogen-bond acceptors (Lipinski definition) is 5. The van der Waals surface area contributed by atoms with E-state index in [1.807, 2.05) is 24.3 Å². The molecule has 0 radical (unpaired) electrons. The highest BCUT2D eigenvalue weighted by Gasteiger charge is 2.19. The first-order chi connectivity index (χ1) is 12.7. The average Bonchev–Trinajstić information content (AvgIpc) is 3.30. The van der Waals surface area contributed by atoms with Gasteiger partial charge in [0.25, 0.3) is 0 Å². The monoisotopic (exact) mass is 390 g/mol. The Bertz CT molecular complexity index is 755. The van der Waals surface area contributed by atoms with Gasteiger partial charge in [-0.1, -0.05) is 30.3 Å². The van der Waals surface area contributed by atoms with Crippen molar-refractivity contribution in [1.29, 1.82) is 0 Å². The highest BCUT2D eigenvalue weighted by molar-refractivity contribution is 7.80. The Hall–Kier alpha value is -1.96. The van der Waals surface area contributed by atoms with E-state index in [2.05, 4.69) is 22.8 Å². The van der Waals surface area contributed by atoms with Crippen LogP contribution < -0.4 is 10.6 Å². The molecule has 2 N–H and O–H groups in total. The molecule has 0 aliphatic carbocycles. The number of carbonyl (C=O) groups excluding carboxylic acids is 1. The van der Waals surface area contributed by atoms with Crippen molar-refractivity contribution < 1.29 is 14.3 Å². The molecule has 5 nitrogen and oxygen atoms in total. The van der Waals surface area contributed by atoms with E-state index in [1.54, 1.807) is 0 Å². The second-order valence-electron chi connectivity index (χ2n) is 6.08. The third-order valence-electron chi connectivity index (χ3n) is 4.15. The lowest BCUT2D eigenvalue weighted by Gasteiger charge is -2.13. The average molecular weight is 391 g/mol. The number of methoxy groups -OCH3 is 1. The smallest absolute Gasteiger partial charge is 0.340 e. The minimum absolute atomic E-state index is 0.201. The van der Waals surface area contributed by atoms with E-state index in [0.717, 1.165) is 30.7 Å². The molecule has 2 heterocycles. The van der Waals surface area contributed by atoms with E-state index >= 15 is 0 Å². The topological polar surface area (TPSA) is 59.6 Å². The standard InChI is InChI=1S/C19H22N2O3S2/c1-23-18(22)16-11-15(10-13-6-3-2-4-7-13)26-17(16)21-19(25)20-12-14-8-5-9-24-14/h2-4,6-7,11,14H,5,8-10,12H2,1H3,(H2,20,21,25). The zero-order chi connectivity index (χ0) is 18.4. The molecular formula is C19H22N2O3S2. The fraction of sp³-hybridized carbons (Fsp3) is 0.368. The van der Waals surface area contributed by atoms with Gasteiger partial charge < -0.3 is 20.1 Å². The SMILES string of the molecule is COC(=O)c1cc(Cc2ccccc2)sc1NC(=S)NCC1CCCO1. The number of hydrogen-bond donors (Lipinski definition) is 2. The van der Waals surface area contributed by atoms with Gasteiger partial charge >= 0.3 is 5.97 Å². The zero-order valence-corrected chi connectivity index (χ0v) is 16.3. The third kappa shape index (κ3) is 5.03. The van der Waals surface area contributed by atoms with Crippen LogP contribution in [-0.2, 0) is 15.9 Å². The van der Waals surface area contributed by atoms with Crippen molar-refractivity contribution in [2.45, 2.75) is 25.4 Å². The Morgan fingerprint density at radius 2 is 2.19 bits per heavy atom. The highest BCUT2D eigenvalue weighted by Crippen LogP contribution is 2.30. The van der Waals surface area contributed by atoms with Crippen LogP contribution in [0.3, 0.4) is 0 Å². The van der Waals surface area contributed by atoms with Crippen LogP contribution in [0.4, 0.5) is 5.00 Å². The summed E-state index contributed by atoms with van der Waals surface area (Å²) in [6.07, 6.45) is 3.09. The van der Waals surface area contributed by atoms with Gasteiger partial charge in [-0.2, -0.15) is 0 Å². The van der Waals surface area contributed by atoms with Gasteiger partial charge in [-0.3, -0.25) is 0 Å². The summed E-state index contributed by atoms with van der Waals surface area (Å²) in [6, 6.07) is 12.0. The maximum absolute atomic E-state index is 12.1. The minimum Gasteiger partial charge on any atom is -0.465 e. The van der Waals surface area contributed by atoms with Crippen LogP contribution >= 0.6 is 23.6 Å². The first kappa shape index (κ1) is 18.8. The number of rotatable bonds is 6. The first-order valence-electron chi connectivity index (χ1n) is 8.57. The number of esters is 1. The lowest BCUT2D eigenvalue weighted by atomic mass is 10.1. The molecule has 1 aliphatic rings. The molecular weight excluding hydrogens is 368 g/mol.